The molecule has 0 saturated carbocycles. The maximum Gasteiger partial charge on any atom is 0.164 e. The zero-order valence-electron chi connectivity index (χ0n) is 31.4. The van der Waals surface area contributed by atoms with Crippen LogP contribution in [0.25, 0.3) is 127 Å². The maximum atomic E-state index is 6.76. The Morgan fingerprint density at radius 3 is 1.75 bits per heavy atom. The molecule has 59 heavy (non-hydrogen) atoms. The van der Waals surface area contributed by atoms with Crippen molar-refractivity contribution in [3.05, 3.63) is 182 Å². The van der Waals surface area contributed by atoms with Gasteiger partial charge in [0, 0.05) is 60.5 Å². The van der Waals surface area contributed by atoms with Crippen molar-refractivity contribution in [1.82, 2.24) is 19.5 Å². The van der Waals surface area contributed by atoms with Gasteiger partial charge in [0.25, 0.3) is 0 Å². The van der Waals surface area contributed by atoms with Crippen molar-refractivity contribution in [2.75, 3.05) is 0 Å². The molecule has 0 aliphatic carbocycles. The highest BCUT2D eigenvalue weighted by Gasteiger charge is 2.21. The largest absolute Gasteiger partial charge is 0.456 e. The van der Waals surface area contributed by atoms with Gasteiger partial charge in [0.05, 0.1) is 16.7 Å². The Bertz CT molecular complexity index is 3860. The SMILES string of the molecule is c1ccc(-c2nc(-c3ccc4c(c3)oc3ccccc34)nc(-c3ccc4oc5cc(-n6c7ccccc7c7cc8ccccc8cc76)c6ccccc6c5c4c3)n2)cc1. The van der Waals surface area contributed by atoms with E-state index in [1.165, 1.54) is 21.5 Å². The fraction of sp³-hybridized carbons (Fsp3) is 0. The number of aromatic nitrogens is 4. The molecule has 0 unspecified atom stereocenters. The lowest BCUT2D eigenvalue weighted by atomic mass is 10.0. The van der Waals surface area contributed by atoms with Gasteiger partial charge in [0.15, 0.2) is 17.5 Å². The summed E-state index contributed by atoms with van der Waals surface area (Å²) in [5.41, 5.74) is 9.27. The molecule has 13 aromatic rings. The standard InChI is InChI=1S/C53H30N4O2/c1-2-12-31(13-3-1)51-54-52(56-53(55-51)35-22-24-39-38-18-9-11-21-46(38)58-48(39)29-35)34-23-25-47-42(27-34)50-40-19-7-6-16-36(40)45(30-49(50)59-47)57-43-20-10-8-17-37(43)41-26-32-14-4-5-15-33(32)28-44(41)57/h1-30H. The average Bonchev–Trinajstić information content (AvgIpc) is 3.96. The van der Waals surface area contributed by atoms with Crippen LogP contribution in [0.15, 0.2) is 191 Å². The lowest BCUT2D eigenvalue weighted by Crippen LogP contribution is -2.00. The molecule has 13 rings (SSSR count). The van der Waals surface area contributed by atoms with Gasteiger partial charge in [-0.1, -0.05) is 121 Å². The first-order valence-corrected chi connectivity index (χ1v) is 19.8. The van der Waals surface area contributed by atoms with Gasteiger partial charge in [-0.25, -0.2) is 15.0 Å². The lowest BCUT2D eigenvalue weighted by Gasteiger charge is -2.13. The number of nitrogens with zero attached hydrogens (tertiary/aromatic N) is 4. The van der Waals surface area contributed by atoms with Crippen LogP contribution >= 0.6 is 0 Å². The van der Waals surface area contributed by atoms with Crippen molar-refractivity contribution in [1.29, 1.82) is 0 Å². The van der Waals surface area contributed by atoms with E-state index in [2.05, 4.69) is 120 Å². The first-order chi connectivity index (χ1) is 29.2. The molecule has 0 aliphatic heterocycles. The van der Waals surface area contributed by atoms with Crippen LogP contribution < -0.4 is 0 Å². The summed E-state index contributed by atoms with van der Waals surface area (Å²) in [7, 11) is 0. The minimum Gasteiger partial charge on any atom is -0.456 e. The van der Waals surface area contributed by atoms with E-state index in [1.54, 1.807) is 0 Å². The Hall–Kier alpha value is -8.09. The van der Waals surface area contributed by atoms with Crippen molar-refractivity contribution in [2.24, 2.45) is 0 Å². The van der Waals surface area contributed by atoms with Gasteiger partial charge >= 0.3 is 0 Å². The van der Waals surface area contributed by atoms with Gasteiger partial charge in [-0.3, -0.25) is 0 Å². The van der Waals surface area contributed by atoms with Crippen LogP contribution in [0, 0.1) is 0 Å². The van der Waals surface area contributed by atoms with Gasteiger partial charge in [0.1, 0.15) is 22.3 Å². The van der Waals surface area contributed by atoms with Crippen molar-refractivity contribution in [3.8, 4) is 39.9 Å². The highest BCUT2D eigenvalue weighted by atomic mass is 16.3. The van der Waals surface area contributed by atoms with Crippen molar-refractivity contribution < 1.29 is 8.83 Å². The number of furan rings is 2. The number of fused-ring (bicyclic) bond motifs is 12. The predicted molar refractivity (Wildman–Crippen MR) is 240 cm³/mol. The van der Waals surface area contributed by atoms with Crippen molar-refractivity contribution >= 4 is 87.2 Å². The minimum absolute atomic E-state index is 0.572. The van der Waals surface area contributed by atoms with Gasteiger partial charge in [-0.15, -0.1) is 0 Å². The highest BCUT2D eigenvalue weighted by molar-refractivity contribution is 6.22. The minimum atomic E-state index is 0.572. The Morgan fingerprint density at radius 2 is 0.915 bits per heavy atom. The predicted octanol–water partition coefficient (Wildman–Crippen LogP) is 14.1. The Kier molecular flexibility index (Phi) is 6.63. The highest BCUT2D eigenvalue weighted by Crippen LogP contribution is 2.43. The Morgan fingerprint density at radius 1 is 0.322 bits per heavy atom. The molecule has 274 valence electrons. The smallest absolute Gasteiger partial charge is 0.164 e. The van der Waals surface area contributed by atoms with Gasteiger partial charge in [-0.05, 0) is 70.8 Å². The third-order valence-electron chi connectivity index (χ3n) is 11.8. The van der Waals surface area contributed by atoms with Crippen LogP contribution in [0.5, 0.6) is 0 Å². The molecule has 9 aromatic carbocycles. The second kappa shape index (κ2) is 12.2. The molecule has 0 atom stereocenters. The first kappa shape index (κ1) is 32.0. The average molecular weight is 755 g/mol. The van der Waals surface area contributed by atoms with Crippen LogP contribution in [0.2, 0.25) is 0 Å². The normalized spacial score (nSPS) is 12.1. The summed E-state index contributed by atoms with van der Waals surface area (Å²) < 4.78 is 15.4. The Labute approximate surface area is 336 Å². The molecule has 4 aromatic heterocycles. The molecule has 0 amide bonds. The number of rotatable bonds is 4. The summed E-state index contributed by atoms with van der Waals surface area (Å²) in [5, 5.41) is 11.3. The lowest BCUT2D eigenvalue weighted by molar-refractivity contribution is 0.668. The van der Waals surface area contributed by atoms with Gasteiger partial charge < -0.3 is 13.4 Å². The van der Waals surface area contributed by atoms with E-state index in [-0.39, 0.29) is 0 Å². The molecule has 0 saturated heterocycles. The van der Waals surface area contributed by atoms with Crippen LogP contribution in [-0.2, 0) is 0 Å². The quantitative estimate of drug-likeness (QED) is 0.179. The number of benzene rings is 9. The molecule has 0 spiro atoms. The molecule has 0 aliphatic rings. The number of para-hydroxylation sites is 2. The topological polar surface area (TPSA) is 69.9 Å². The van der Waals surface area contributed by atoms with E-state index in [9.17, 15) is 0 Å². The molecule has 6 heteroatoms. The third-order valence-corrected chi connectivity index (χ3v) is 11.8. The third kappa shape index (κ3) is 4.84. The van der Waals surface area contributed by atoms with Gasteiger partial charge in [-0.2, -0.15) is 0 Å². The zero-order valence-corrected chi connectivity index (χ0v) is 31.4. The van der Waals surface area contributed by atoms with Crippen LogP contribution in [0.4, 0.5) is 0 Å². The molecule has 0 bridgehead atoms. The van der Waals surface area contributed by atoms with E-state index in [4.69, 9.17) is 23.8 Å². The van der Waals surface area contributed by atoms with Crippen molar-refractivity contribution in [2.45, 2.75) is 0 Å². The molecule has 0 N–H and O–H groups in total. The Balaban J connectivity index is 1.02. The summed E-state index contributed by atoms with van der Waals surface area (Å²) >= 11 is 0. The number of hydrogen-bond donors (Lipinski definition) is 0. The summed E-state index contributed by atoms with van der Waals surface area (Å²) in [4.78, 5) is 15.2. The summed E-state index contributed by atoms with van der Waals surface area (Å²) in [6, 6.07) is 63.3. The second-order valence-electron chi connectivity index (χ2n) is 15.2. The summed E-state index contributed by atoms with van der Waals surface area (Å²) in [6.07, 6.45) is 0. The van der Waals surface area contributed by atoms with Gasteiger partial charge in [0.2, 0.25) is 0 Å². The second-order valence-corrected chi connectivity index (χ2v) is 15.2. The van der Waals surface area contributed by atoms with Crippen LogP contribution in [0.3, 0.4) is 0 Å². The van der Waals surface area contributed by atoms with E-state index in [0.29, 0.717) is 17.5 Å². The molecule has 0 fully saturated rings. The number of hydrogen-bond acceptors (Lipinski definition) is 5. The van der Waals surface area contributed by atoms with Crippen LogP contribution in [0.1, 0.15) is 0 Å². The molecular weight excluding hydrogens is 725 g/mol. The molecular formula is C53H30N4O2. The molecule has 0 radical (unpaired) electrons. The fourth-order valence-electron chi connectivity index (χ4n) is 9.08. The zero-order chi connectivity index (χ0) is 38.6. The fourth-order valence-corrected chi connectivity index (χ4v) is 9.08. The van der Waals surface area contributed by atoms with Crippen LogP contribution in [-0.4, -0.2) is 19.5 Å². The van der Waals surface area contributed by atoms with E-state index in [1.807, 2.05) is 66.7 Å². The summed E-state index contributed by atoms with van der Waals surface area (Å²) in [5.74, 6) is 1.75. The monoisotopic (exact) mass is 754 g/mol. The van der Waals surface area contributed by atoms with E-state index >= 15 is 0 Å². The maximum absolute atomic E-state index is 6.76. The van der Waals surface area contributed by atoms with E-state index in [0.717, 1.165) is 88.1 Å². The van der Waals surface area contributed by atoms with Crippen molar-refractivity contribution in [3.63, 3.8) is 0 Å². The summed E-state index contributed by atoms with van der Waals surface area (Å²) in [6.45, 7) is 0. The molecule has 4 heterocycles. The van der Waals surface area contributed by atoms with E-state index < -0.39 is 0 Å². The first-order valence-electron chi connectivity index (χ1n) is 19.8. The molecule has 6 nitrogen and oxygen atoms in total.